The molecule has 1 aliphatic rings. The zero-order chi connectivity index (χ0) is 26.4. The van der Waals surface area contributed by atoms with Gasteiger partial charge in [-0.25, -0.2) is 9.18 Å². The first-order chi connectivity index (χ1) is 17.9. The summed E-state index contributed by atoms with van der Waals surface area (Å²) in [6.45, 7) is 0.247. The molecule has 0 spiro atoms. The Kier molecular flexibility index (Phi) is 8.61. The lowest BCUT2D eigenvalue weighted by Gasteiger charge is -2.29. The largest absolute Gasteiger partial charge is 0.496 e. The van der Waals surface area contributed by atoms with E-state index in [1.54, 1.807) is 7.11 Å². The number of methoxy groups -OCH3 is 3. The molecule has 37 heavy (non-hydrogen) atoms. The Morgan fingerprint density at radius 1 is 0.946 bits per heavy atom. The third-order valence-corrected chi connectivity index (χ3v) is 6.71. The molecule has 1 aliphatic carbocycles. The highest BCUT2D eigenvalue weighted by atomic mass is 19.1. The SMILES string of the molecule is COCC(OC(=O)C1CCC(Oc2cc(C(=O)OC)c(OC)cc2F)CC1)c1cccc2ccccc12. The molecule has 0 heterocycles. The number of benzene rings is 3. The first kappa shape index (κ1) is 26.4. The Bertz CT molecular complexity index is 1240. The van der Waals surface area contributed by atoms with Crippen molar-refractivity contribution in [2.45, 2.75) is 37.9 Å². The highest BCUT2D eigenvalue weighted by molar-refractivity contribution is 5.93. The quantitative estimate of drug-likeness (QED) is 0.345. The van der Waals surface area contributed by atoms with E-state index in [-0.39, 0.29) is 41.7 Å². The number of carbonyl (C=O) groups excluding carboxylic acids is 2. The van der Waals surface area contributed by atoms with Gasteiger partial charge in [-0.05, 0) is 36.5 Å². The number of halogens is 1. The summed E-state index contributed by atoms with van der Waals surface area (Å²) in [5, 5.41) is 2.08. The summed E-state index contributed by atoms with van der Waals surface area (Å²) < 4.78 is 41.6. The van der Waals surface area contributed by atoms with Crippen molar-refractivity contribution in [3.8, 4) is 11.5 Å². The number of rotatable bonds is 9. The van der Waals surface area contributed by atoms with Crippen LogP contribution in [0.3, 0.4) is 0 Å². The summed E-state index contributed by atoms with van der Waals surface area (Å²) in [4.78, 5) is 25.1. The van der Waals surface area contributed by atoms with E-state index in [1.807, 2.05) is 42.5 Å². The molecule has 7 nitrogen and oxygen atoms in total. The molecule has 0 aromatic heterocycles. The van der Waals surface area contributed by atoms with Gasteiger partial charge in [-0.15, -0.1) is 0 Å². The van der Waals surface area contributed by atoms with E-state index in [0.717, 1.165) is 22.4 Å². The Balaban J connectivity index is 1.40. The molecular formula is C29H31FO7. The van der Waals surface area contributed by atoms with Crippen molar-refractivity contribution in [3.05, 3.63) is 71.5 Å². The third-order valence-electron chi connectivity index (χ3n) is 6.71. The van der Waals surface area contributed by atoms with Gasteiger partial charge in [0.2, 0.25) is 0 Å². The Hall–Kier alpha value is -3.65. The molecule has 1 saturated carbocycles. The number of ether oxygens (including phenoxy) is 5. The average Bonchev–Trinajstić information content (AvgIpc) is 2.93. The van der Waals surface area contributed by atoms with E-state index in [1.165, 1.54) is 20.3 Å². The molecule has 0 aliphatic heterocycles. The van der Waals surface area contributed by atoms with E-state index in [2.05, 4.69) is 0 Å². The van der Waals surface area contributed by atoms with Crippen LogP contribution >= 0.6 is 0 Å². The lowest BCUT2D eigenvalue weighted by atomic mass is 9.87. The molecular weight excluding hydrogens is 479 g/mol. The second kappa shape index (κ2) is 12.1. The maximum Gasteiger partial charge on any atom is 0.341 e. The number of hydrogen-bond acceptors (Lipinski definition) is 7. The third kappa shape index (κ3) is 6.02. The standard InChI is InChI=1S/C29H31FO7/c1-33-17-27(22-10-6-8-18-7-4-5-9-21(18)22)37-28(31)19-11-13-20(14-12-19)36-26-15-23(29(32)35-3)25(34-2)16-24(26)30/h4-10,15-16,19-20,27H,11-14,17H2,1-3H3. The lowest BCUT2D eigenvalue weighted by molar-refractivity contribution is -0.158. The first-order valence-electron chi connectivity index (χ1n) is 12.2. The van der Waals surface area contributed by atoms with Crippen LogP contribution in [0.2, 0.25) is 0 Å². The predicted molar refractivity (Wildman–Crippen MR) is 135 cm³/mol. The van der Waals surface area contributed by atoms with Crippen molar-refractivity contribution < 1.29 is 37.7 Å². The van der Waals surface area contributed by atoms with E-state index in [0.29, 0.717) is 25.7 Å². The summed E-state index contributed by atoms with van der Waals surface area (Å²) in [6, 6.07) is 16.3. The molecule has 1 unspecified atom stereocenters. The van der Waals surface area contributed by atoms with Crippen LogP contribution in [-0.2, 0) is 19.0 Å². The van der Waals surface area contributed by atoms with Crippen molar-refractivity contribution in [1.29, 1.82) is 0 Å². The van der Waals surface area contributed by atoms with Gasteiger partial charge >= 0.3 is 11.9 Å². The molecule has 0 bridgehead atoms. The van der Waals surface area contributed by atoms with Crippen LogP contribution in [0.5, 0.6) is 11.5 Å². The van der Waals surface area contributed by atoms with Crippen LogP contribution in [0, 0.1) is 11.7 Å². The molecule has 0 N–H and O–H groups in total. The predicted octanol–water partition coefficient (Wildman–Crippen LogP) is 5.64. The van der Waals surface area contributed by atoms with Crippen molar-refractivity contribution >= 4 is 22.7 Å². The highest BCUT2D eigenvalue weighted by Gasteiger charge is 2.31. The van der Waals surface area contributed by atoms with Gasteiger partial charge in [0.15, 0.2) is 17.7 Å². The van der Waals surface area contributed by atoms with Gasteiger partial charge in [0.1, 0.15) is 11.3 Å². The number of carbonyl (C=O) groups is 2. The molecule has 1 atom stereocenters. The minimum absolute atomic E-state index is 0.0525. The second-order valence-corrected chi connectivity index (χ2v) is 9.02. The summed E-state index contributed by atoms with van der Waals surface area (Å²) in [7, 11) is 4.17. The van der Waals surface area contributed by atoms with Gasteiger partial charge in [0.25, 0.3) is 0 Å². The maximum absolute atomic E-state index is 14.6. The molecule has 4 rings (SSSR count). The summed E-state index contributed by atoms with van der Waals surface area (Å²) in [5.74, 6) is -1.84. The molecule has 0 amide bonds. The van der Waals surface area contributed by atoms with Gasteiger partial charge in [-0.1, -0.05) is 42.5 Å². The van der Waals surface area contributed by atoms with E-state index in [9.17, 15) is 14.0 Å². The van der Waals surface area contributed by atoms with Crippen LogP contribution in [0.15, 0.2) is 54.6 Å². The molecule has 0 saturated heterocycles. The fraction of sp³-hybridized carbons (Fsp3) is 0.379. The van der Waals surface area contributed by atoms with Crippen LogP contribution in [0.25, 0.3) is 10.8 Å². The second-order valence-electron chi connectivity index (χ2n) is 9.02. The Morgan fingerprint density at radius 2 is 1.68 bits per heavy atom. The normalized spacial score (nSPS) is 18.2. The van der Waals surface area contributed by atoms with E-state index < -0.39 is 17.9 Å². The van der Waals surface area contributed by atoms with Gasteiger partial charge in [0, 0.05) is 24.8 Å². The molecule has 0 radical (unpaired) electrons. The fourth-order valence-electron chi connectivity index (χ4n) is 4.77. The Labute approximate surface area is 215 Å². The lowest BCUT2D eigenvalue weighted by Crippen LogP contribution is -2.30. The summed E-state index contributed by atoms with van der Waals surface area (Å²) in [6.07, 6.45) is 1.35. The van der Waals surface area contributed by atoms with Crippen LogP contribution in [0.4, 0.5) is 4.39 Å². The zero-order valence-corrected chi connectivity index (χ0v) is 21.2. The molecule has 1 fully saturated rings. The van der Waals surface area contributed by atoms with Crippen molar-refractivity contribution in [2.75, 3.05) is 27.9 Å². The first-order valence-corrected chi connectivity index (χ1v) is 12.2. The Morgan fingerprint density at radius 3 is 2.38 bits per heavy atom. The van der Waals surface area contributed by atoms with E-state index in [4.69, 9.17) is 23.7 Å². The average molecular weight is 511 g/mol. The molecule has 8 heteroatoms. The van der Waals surface area contributed by atoms with Gasteiger partial charge in [0.05, 0.1) is 32.8 Å². The highest BCUT2D eigenvalue weighted by Crippen LogP contribution is 2.34. The molecule has 3 aromatic rings. The van der Waals surface area contributed by atoms with Crippen molar-refractivity contribution in [3.63, 3.8) is 0 Å². The maximum atomic E-state index is 14.6. The fourth-order valence-corrected chi connectivity index (χ4v) is 4.77. The minimum atomic E-state index is -0.648. The number of fused-ring (bicyclic) bond motifs is 1. The van der Waals surface area contributed by atoms with Crippen LogP contribution in [-0.4, -0.2) is 46.0 Å². The van der Waals surface area contributed by atoms with Crippen molar-refractivity contribution in [1.82, 2.24) is 0 Å². The minimum Gasteiger partial charge on any atom is -0.496 e. The van der Waals surface area contributed by atoms with Gasteiger partial charge in [-0.3, -0.25) is 4.79 Å². The van der Waals surface area contributed by atoms with Gasteiger partial charge < -0.3 is 23.7 Å². The van der Waals surface area contributed by atoms with E-state index >= 15 is 0 Å². The topological polar surface area (TPSA) is 80.3 Å². The van der Waals surface area contributed by atoms with Crippen LogP contribution < -0.4 is 9.47 Å². The summed E-state index contributed by atoms with van der Waals surface area (Å²) >= 11 is 0. The van der Waals surface area contributed by atoms with Crippen LogP contribution in [0.1, 0.15) is 47.7 Å². The molecule has 3 aromatic carbocycles. The zero-order valence-electron chi connectivity index (χ0n) is 21.2. The number of esters is 2. The van der Waals surface area contributed by atoms with Crippen molar-refractivity contribution in [2.24, 2.45) is 5.92 Å². The summed E-state index contributed by atoms with van der Waals surface area (Å²) in [5.41, 5.74) is 0.984. The molecule has 196 valence electrons. The smallest absolute Gasteiger partial charge is 0.341 e. The van der Waals surface area contributed by atoms with Gasteiger partial charge in [-0.2, -0.15) is 0 Å². The monoisotopic (exact) mass is 510 g/mol. The number of hydrogen-bond donors (Lipinski definition) is 0.